The minimum atomic E-state index is -0.276. The number of aromatic nitrogens is 1. The number of carbonyl (C=O) groups is 2. The van der Waals surface area contributed by atoms with Crippen molar-refractivity contribution in [2.24, 2.45) is 5.92 Å². The highest BCUT2D eigenvalue weighted by atomic mass is 16.5. The predicted octanol–water partition coefficient (Wildman–Crippen LogP) is 1.35. The van der Waals surface area contributed by atoms with Gasteiger partial charge in [-0.2, -0.15) is 0 Å². The quantitative estimate of drug-likeness (QED) is 0.861. The maximum atomic E-state index is 12.3. The van der Waals surface area contributed by atoms with Crippen LogP contribution in [-0.4, -0.2) is 40.9 Å². The summed E-state index contributed by atoms with van der Waals surface area (Å²) in [6.07, 6.45) is 1.95. The van der Waals surface area contributed by atoms with Crippen molar-refractivity contribution in [2.45, 2.75) is 39.8 Å². The van der Waals surface area contributed by atoms with E-state index in [-0.39, 0.29) is 30.2 Å². The van der Waals surface area contributed by atoms with Gasteiger partial charge in [0, 0.05) is 37.3 Å². The van der Waals surface area contributed by atoms with Crippen LogP contribution in [0.25, 0.3) is 0 Å². The number of ether oxygens (including phenoxy) is 1. The van der Waals surface area contributed by atoms with Crippen molar-refractivity contribution in [3.8, 4) is 5.88 Å². The third-order valence-corrected chi connectivity index (χ3v) is 3.74. The monoisotopic (exact) mass is 305 g/mol. The van der Waals surface area contributed by atoms with Gasteiger partial charge in [-0.15, -0.1) is 0 Å². The summed E-state index contributed by atoms with van der Waals surface area (Å²) < 4.78 is 5.44. The van der Waals surface area contributed by atoms with E-state index in [1.807, 2.05) is 32.9 Å². The molecule has 1 saturated heterocycles. The van der Waals surface area contributed by atoms with Crippen LogP contribution < -0.4 is 10.1 Å². The molecule has 2 rings (SSSR count). The second kappa shape index (κ2) is 7.24. The van der Waals surface area contributed by atoms with Crippen LogP contribution in [0.4, 0.5) is 0 Å². The maximum Gasteiger partial charge on any atom is 0.225 e. The van der Waals surface area contributed by atoms with Gasteiger partial charge in [-0.25, -0.2) is 4.98 Å². The first-order valence-electron chi connectivity index (χ1n) is 7.66. The molecule has 1 aromatic heterocycles. The van der Waals surface area contributed by atoms with Crippen LogP contribution in [0.15, 0.2) is 18.3 Å². The van der Waals surface area contributed by atoms with Crippen LogP contribution in [0, 0.1) is 5.92 Å². The largest absolute Gasteiger partial charge is 0.478 e. The molecular weight excluding hydrogens is 282 g/mol. The summed E-state index contributed by atoms with van der Waals surface area (Å²) in [6, 6.07) is 3.82. The average Bonchev–Trinajstić information content (AvgIpc) is 2.88. The van der Waals surface area contributed by atoms with Crippen LogP contribution >= 0.6 is 0 Å². The Morgan fingerprint density at radius 1 is 1.55 bits per heavy atom. The first-order valence-corrected chi connectivity index (χ1v) is 7.66. The number of nitrogens with zero attached hydrogens (tertiary/aromatic N) is 2. The van der Waals surface area contributed by atoms with Crippen LogP contribution in [0.3, 0.4) is 0 Å². The molecule has 0 saturated carbocycles. The normalized spacial score (nSPS) is 17.9. The molecule has 1 atom stereocenters. The summed E-state index contributed by atoms with van der Waals surface area (Å²) in [5.74, 6) is 0.216. The van der Waals surface area contributed by atoms with Gasteiger partial charge in [-0.3, -0.25) is 9.59 Å². The number of hydrogen-bond acceptors (Lipinski definition) is 4. The fourth-order valence-corrected chi connectivity index (χ4v) is 2.56. The Labute approximate surface area is 130 Å². The molecule has 1 aromatic rings. The Kier molecular flexibility index (Phi) is 5.35. The fourth-order valence-electron chi connectivity index (χ4n) is 2.56. The summed E-state index contributed by atoms with van der Waals surface area (Å²) in [6.45, 7) is 7.19. The Morgan fingerprint density at radius 3 is 2.95 bits per heavy atom. The molecule has 0 radical (unpaired) electrons. The Hall–Kier alpha value is -2.11. The lowest BCUT2D eigenvalue weighted by atomic mass is 10.1. The number of hydrogen-bond donors (Lipinski definition) is 1. The first kappa shape index (κ1) is 16.3. The van der Waals surface area contributed by atoms with Crippen LogP contribution in [-0.2, 0) is 16.1 Å². The lowest BCUT2D eigenvalue weighted by Gasteiger charge is -2.20. The molecule has 6 heteroatoms. The maximum absolute atomic E-state index is 12.3. The van der Waals surface area contributed by atoms with Gasteiger partial charge in [0.1, 0.15) is 0 Å². The number of nitrogens with one attached hydrogen (secondary N) is 1. The van der Waals surface area contributed by atoms with Crippen LogP contribution in [0.2, 0.25) is 0 Å². The van der Waals surface area contributed by atoms with Gasteiger partial charge in [0.2, 0.25) is 17.7 Å². The van der Waals surface area contributed by atoms with Crippen LogP contribution in [0.1, 0.15) is 32.8 Å². The Balaban J connectivity index is 1.92. The molecule has 120 valence electrons. The van der Waals surface area contributed by atoms with Crippen molar-refractivity contribution in [3.05, 3.63) is 23.9 Å². The number of rotatable bonds is 6. The zero-order valence-electron chi connectivity index (χ0n) is 13.3. The van der Waals surface area contributed by atoms with Crippen molar-refractivity contribution in [3.63, 3.8) is 0 Å². The highest BCUT2D eigenvalue weighted by molar-refractivity contribution is 5.89. The van der Waals surface area contributed by atoms with Crippen molar-refractivity contribution >= 4 is 11.8 Å². The summed E-state index contributed by atoms with van der Waals surface area (Å²) in [4.78, 5) is 30.0. The molecule has 2 heterocycles. The third-order valence-electron chi connectivity index (χ3n) is 3.74. The van der Waals surface area contributed by atoms with E-state index >= 15 is 0 Å². The van der Waals surface area contributed by atoms with Crippen molar-refractivity contribution < 1.29 is 14.3 Å². The van der Waals surface area contributed by atoms with Gasteiger partial charge in [-0.05, 0) is 26.8 Å². The molecule has 1 N–H and O–H groups in total. The molecule has 22 heavy (non-hydrogen) atoms. The number of amides is 2. The summed E-state index contributed by atoms with van der Waals surface area (Å²) in [5.41, 5.74) is 0.836. The van der Waals surface area contributed by atoms with E-state index in [9.17, 15) is 9.59 Å². The minimum absolute atomic E-state index is 0.0477. The molecule has 0 aromatic carbocycles. The van der Waals surface area contributed by atoms with E-state index in [4.69, 9.17) is 4.74 Å². The molecule has 6 nitrogen and oxygen atoms in total. The van der Waals surface area contributed by atoms with Gasteiger partial charge < -0.3 is 15.0 Å². The summed E-state index contributed by atoms with van der Waals surface area (Å²) in [5, 5.41) is 2.88. The van der Waals surface area contributed by atoms with E-state index in [1.165, 1.54) is 0 Å². The summed E-state index contributed by atoms with van der Waals surface area (Å²) in [7, 11) is 0. The molecular formula is C16H23N3O3. The fraction of sp³-hybridized carbons (Fsp3) is 0.562. The smallest absolute Gasteiger partial charge is 0.225 e. The molecule has 0 aliphatic carbocycles. The predicted molar refractivity (Wildman–Crippen MR) is 82.2 cm³/mol. The molecule has 1 unspecified atom stereocenters. The number of likely N-dealkylation sites (tertiary alicyclic amines) is 1. The topological polar surface area (TPSA) is 71.5 Å². The summed E-state index contributed by atoms with van der Waals surface area (Å²) >= 11 is 0. The van der Waals surface area contributed by atoms with Gasteiger partial charge in [0.05, 0.1) is 12.5 Å². The number of carbonyl (C=O) groups excluding carboxylic acids is 2. The molecule has 1 aliphatic rings. The SMILES string of the molecule is CCOc1ncccc1CNC(=O)C1CC(=O)N(C(C)C)C1. The van der Waals surface area contributed by atoms with E-state index in [1.54, 1.807) is 11.1 Å². The van der Waals surface area contributed by atoms with E-state index in [0.29, 0.717) is 25.6 Å². The lowest BCUT2D eigenvalue weighted by molar-refractivity contribution is -0.130. The molecule has 0 bridgehead atoms. The van der Waals surface area contributed by atoms with E-state index < -0.39 is 0 Å². The Morgan fingerprint density at radius 2 is 2.32 bits per heavy atom. The zero-order chi connectivity index (χ0) is 16.1. The van der Waals surface area contributed by atoms with E-state index in [2.05, 4.69) is 10.3 Å². The van der Waals surface area contributed by atoms with Gasteiger partial charge in [0.25, 0.3) is 0 Å². The van der Waals surface area contributed by atoms with E-state index in [0.717, 1.165) is 5.56 Å². The van der Waals surface area contributed by atoms with Gasteiger partial charge in [0.15, 0.2) is 0 Å². The second-order valence-electron chi connectivity index (χ2n) is 5.66. The van der Waals surface area contributed by atoms with Crippen LogP contribution in [0.5, 0.6) is 5.88 Å². The van der Waals surface area contributed by atoms with Crippen molar-refractivity contribution in [1.82, 2.24) is 15.2 Å². The Bertz CT molecular complexity index is 545. The molecule has 2 amide bonds. The van der Waals surface area contributed by atoms with Crippen molar-refractivity contribution in [1.29, 1.82) is 0 Å². The molecule has 1 fully saturated rings. The lowest BCUT2D eigenvalue weighted by Crippen LogP contribution is -2.35. The second-order valence-corrected chi connectivity index (χ2v) is 5.66. The van der Waals surface area contributed by atoms with Gasteiger partial charge in [-0.1, -0.05) is 6.07 Å². The standard InChI is InChI=1S/C16H23N3O3/c1-4-22-16-12(6-5-7-17-16)9-18-15(21)13-8-14(20)19(10-13)11(2)3/h5-7,11,13H,4,8-10H2,1-3H3,(H,18,21). The third kappa shape index (κ3) is 3.75. The highest BCUT2D eigenvalue weighted by Crippen LogP contribution is 2.21. The first-order chi connectivity index (χ1) is 10.5. The number of pyridine rings is 1. The molecule has 0 spiro atoms. The highest BCUT2D eigenvalue weighted by Gasteiger charge is 2.35. The zero-order valence-corrected chi connectivity index (χ0v) is 13.3. The van der Waals surface area contributed by atoms with Crippen molar-refractivity contribution in [2.75, 3.05) is 13.2 Å². The molecule has 1 aliphatic heterocycles. The minimum Gasteiger partial charge on any atom is -0.478 e. The average molecular weight is 305 g/mol. The van der Waals surface area contributed by atoms with Gasteiger partial charge >= 0.3 is 0 Å².